The van der Waals surface area contributed by atoms with Crippen LogP contribution in [-0.4, -0.2) is 46.6 Å². The van der Waals surface area contributed by atoms with Crippen molar-refractivity contribution in [3.05, 3.63) is 12.2 Å². The normalized spacial score (nSPS) is 35.4. The Morgan fingerprint density at radius 3 is 2.72 bits per heavy atom. The van der Waals surface area contributed by atoms with Gasteiger partial charge in [0.25, 0.3) is 0 Å². The Morgan fingerprint density at radius 1 is 1.44 bits per heavy atom. The van der Waals surface area contributed by atoms with E-state index in [1.807, 2.05) is 0 Å². The van der Waals surface area contributed by atoms with E-state index >= 15 is 0 Å². The predicted molar refractivity (Wildman–Crippen MR) is 61.5 cm³/mol. The van der Waals surface area contributed by atoms with Crippen LogP contribution < -0.4 is 0 Å². The van der Waals surface area contributed by atoms with E-state index in [4.69, 9.17) is 9.47 Å². The van der Waals surface area contributed by atoms with Gasteiger partial charge in [-0.1, -0.05) is 6.08 Å². The Balaban J connectivity index is 2.80. The topological polar surface area (TPSA) is 93.1 Å². The molecule has 1 aliphatic heterocycles. The van der Waals surface area contributed by atoms with Gasteiger partial charge in [-0.3, -0.25) is 9.59 Å². The minimum Gasteiger partial charge on any atom is -0.462 e. The lowest BCUT2D eigenvalue weighted by molar-refractivity contribution is -0.154. The lowest BCUT2D eigenvalue weighted by atomic mass is 10.1. The molecule has 1 rings (SSSR count). The van der Waals surface area contributed by atoms with Crippen molar-refractivity contribution in [2.75, 3.05) is 0 Å². The Hall–Kier alpha value is -1.40. The molecule has 1 heterocycles. The van der Waals surface area contributed by atoms with Gasteiger partial charge < -0.3 is 19.7 Å². The third kappa shape index (κ3) is 4.85. The number of aliphatic hydroxyl groups is 2. The summed E-state index contributed by atoms with van der Waals surface area (Å²) in [6.07, 6.45) is -0.590. The molecule has 0 bridgehead atoms. The van der Waals surface area contributed by atoms with Crippen LogP contribution in [0.2, 0.25) is 0 Å². The number of aliphatic hydroxyl groups excluding tert-OH is 2. The molecule has 6 heteroatoms. The van der Waals surface area contributed by atoms with Crippen molar-refractivity contribution in [2.45, 2.75) is 51.1 Å². The SMILES string of the molecule is CC(=O)OC1/C=C\C(O)C(O)CC(=O)OC(C)C1. The lowest BCUT2D eigenvalue weighted by Crippen LogP contribution is -2.32. The van der Waals surface area contributed by atoms with Crippen LogP contribution in [0.5, 0.6) is 0 Å². The summed E-state index contributed by atoms with van der Waals surface area (Å²) in [5, 5.41) is 19.1. The minimum absolute atomic E-state index is 0.270. The van der Waals surface area contributed by atoms with E-state index in [0.29, 0.717) is 6.42 Å². The van der Waals surface area contributed by atoms with Crippen molar-refractivity contribution >= 4 is 11.9 Å². The summed E-state index contributed by atoms with van der Waals surface area (Å²) in [5.74, 6) is -1.05. The smallest absolute Gasteiger partial charge is 0.308 e. The first-order valence-electron chi connectivity index (χ1n) is 5.79. The summed E-state index contributed by atoms with van der Waals surface area (Å²) in [7, 11) is 0. The van der Waals surface area contributed by atoms with Crippen LogP contribution in [-0.2, 0) is 19.1 Å². The molecule has 102 valence electrons. The molecule has 0 aliphatic carbocycles. The highest BCUT2D eigenvalue weighted by molar-refractivity contribution is 5.70. The molecule has 0 saturated carbocycles. The van der Waals surface area contributed by atoms with Crippen molar-refractivity contribution < 1.29 is 29.3 Å². The largest absolute Gasteiger partial charge is 0.462 e. The van der Waals surface area contributed by atoms with E-state index in [0.717, 1.165) is 0 Å². The van der Waals surface area contributed by atoms with Crippen LogP contribution in [0.15, 0.2) is 12.2 Å². The Labute approximate surface area is 105 Å². The van der Waals surface area contributed by atoms with E-state index in [9.17, 15) is 19.8 Å². The van der Waals surface area contributed by atoms with Gasteiger partial charge in [-0.15, -0.1) is 0 Å². The van der Waals surface area contributed by atoms with E-state index in [-0.39, 0.29) is 6.42 Å². The third-order valence-corrected chi connectivity index (χ3v) is 2.51. The second-order valence-corrected chi connectivity index (χ2v) is 4.33. The summed E-state index contributed by atoms with van der Waals surface area (Å²) in [4.78, 5) is 22.3. The van der Waals surface area contributed by atoms with Gasteiger partial charge in [-0.25, -0.2) is 0 Å². The predicted octanol–water partition coefficient (Wildman–Crippen LogP) is -0.0784. The molecule has 1 aliphatic rings. The van der Waals surface area contributed by atoms with Crippen molar-refractivity contribution in [3.8, 4) is 0 Å². The first-order valence-corrected chi connectivity index (χ1v) is 5.79. The van der Waals surface area contributed by atoms with Crippen molar-refractivity contribution in [1.82, 2.24) is 0 Å². The summed E-state index contributed by atoms with van der Waals surface area (Å²) in [5.41, 5.74) is 0. The molecule has 0 spiro atoms. The second kappa shape index (κ2) is 6.51. The number of carbonyl (C=O) groups excluding carboxylic acids is 2. The fourth-order valence-electron chi connectivity index (χ4n) is 1.68. The zero-order valence-corrected chi connectivity index (χ0v) is 10.4. The molecule has 0 saturated heterocycles. The molecule has 0 aromatic carbocycles. The van der Waals surface area contributed by atoms with Crippen LogP contribution in [0, 0.1) is 0 Å². The van der Waals surface area contributed by atoms with Gasteiger partial charge in [0.15, 0.2) is 0 Å². The molecule has 0 aromatic heterocycles. The fraction of sp³-hybridized carbons (Fsp3) is 0.667. The van der Waals surface area contributed by atoms with E-state index in [1.165, 1.54) is 19.1 Å². The molecular weight excluding hydrogens is 240 g/mol. The van der Waals surface area contributed by atoms with E-state index in [1.54, 1.807) is 6.92 Å². The standard InChI is InChI=1S/C12H18O6/c1-7-5-9(18-8(2)13)3-4-10(14)11(15)6-12(16)17-7/h3-4,7,9-11,14-15H,5-6H2,1-2H3/b4-3-. The van der Waals surface area contributed by atoms with E-state index < -0.39 is 36.4 Å². The Morgan fingerprint density at radius 2 is 2.11 bits per heavy atom. The molecule has 6 nitrogen and oxygen atoms in total. The highest BCUT2D eigenvalue weighted by atomic mass is 16.6. The monoisotopic (exact) mass is 258 g/mol. The Kier molecular flexibility index (Phi) is 5.30. The number of esters is 2. The highest BCUT2D eigenvalue weighted by Gasteiger charge is 2.24. The summed E-state index contributed by atoms with van der Waals surface area (Å²) in [6, 6.07) is 0. The van der Waals surface area contributed by atoms with Gasteiger partial charge in [0, 0.05) is 13.3 Å². The van der Waals surface area contributed by atoms with Crippen molar-refractivity contribution in [3.63, 3.8) is 0 Å². The summed E-state index contributed by atoms with van der Waals surface area (Å²) < 4.78 is 10.0. The van der Waals surface area contributed by atoms with Crippen LogP contribution in [0.4, 0.5) is 0 Å². The highest BCUT2D eigenvalue weighted by Crippen LogP contribution is 2.14. The molecule has 0 radical (unpaired) electrons. The van der Waals surface area contributed by atoms with Gasteiger partial charge in [0.05, 0.1) is 18.6 Å². The first kappa shape index (κ1) is 14.7. The summed E-state index contributed by atoms with van der Waals surface area (Å²) >= 11 is 0. The quantitative estimate of drug-likeness (QED) is 0.505. The second-order valence-electron chi connectivity index (χ2n) is 4.33. The number of cyclic esters (lactones) is 1. The molecule has 4 unspecified atom stereocenters. The maximum absolute atomic E-state index is 11.4. The number of ether oxygens (including phenoxy) is 2. The number of carbonyl (C=O) groups is 2. The summed E-state index contributed by atoms with van der Waals surface area (Å²) in [6.45, 7) is 2.95. The minimum atomic E-state index is -1.22. The maximum Gasteiger partial charge on any atom is 0.308 e. The number of rotatable bonds is 1. The molecule has 2 N–H and O–H groups in total. The van der Waals surface area contributed by atoms with Gasteiger partial charge in [-0.05, 0) is 13.0 Å². The molecule has 0 fully saturated rings. The molecule has 0 amide bonds. The van der Waals surface area contributed by atoms with Crippen molar-refractivity contribution in [2.24, 2.45) is 0 Å². The third-order valence-electron chi connectivity index (χ3n) is 2.51. The van der Waals surface area contributed by atoms with Crippen molar-refractivity contribution in [1.29, 1.82) is 0 Å². The molecule has 0 aromatic rings. The maximum atomic E-state index is 11.4. The van der Waals surface area contributed by atoms with Crippen LogP contribution in [0.25, 0.3) is 0 Å². The van der Waals surface area contributed by atoms with E-state index in [2.05, 4.69) is 0 Å². The van der Waals surface area contributed by atoms with Gasteiger partial charge >= 0.3 is 11.9 Å². The zero-order valence-electron chi connectivity index (χ0n) is 10.4. The zero-order chi connectivity index (χ0) is 13.7. The van der Waals surface area contributed by atoms with Gasteiger partial charge in [-0.2, -0.15) is 0 Å². The molecule has 18 heavy (non-hydrogen) atoms. The first-order chi connectivity index (χ1) is 8.38. The lowest BCUT2D eigenvalue weighted by Gasteiger charge is -2.22. The number of hydrogen-bond donors (Lipinski definition) is 2. The Bertz CT molecular complexity index is 337. The number of hydrogen-bond acceptors (Lipinski definition) is 6. The van der Waals surface area contributed by atoms with Crippen LogP contribution >= 0.6 is 0 Å². The van der Waals surface area contributed by atoms with Crippen LogP contribution in [0.3, 0.4) is 0 Å². The average molecular weight is 258 g/mol. The van der Waals surface area contributed by atoms with Gasteiger partial charge in [0.1, 0.15) is 12.2 Å². The van der Waals surface area contributed by atoms with Crippen LogP contribution in [0.1, 0.15) is 26.7 Å². The fourth-order valence-corrected chi connectivity index (χ4v) is 1.68. The molecular formula is C12H18O6. The average Bonchev–Trinajstić information content (AvgIpc) is 2.22. The molecule has 4 atom stereocenters. The van der Waals surface area contributed by atoms with Gasteiger partial charge in [0.2, 0.25) is 0 Å².